The summed E-state index contributed by atoms with van der Waals surface area (Å²) in [4.78, 5) is 27.2. The smallest absolute Gasteiger partial charge is 0.356 e. The molecule has 19 heavy (non-hydrogen) atoms. The van der Waals surface area contributed by atoms with E-state index in [1.54, 1.807) is 12.1 Å². The highest BCUT2D eigenvalue weighted by Crippen LogP contribution is 2.36. The van der Waals surface area contributed by atoms with Crippen molar-refractivity contribution in [2.75, 3.05) is 5.32 Å². The molecule has 0 bridgehead atoms. The molecule has 0 atom stereocenters. The Morgan fingerprint density at radius 2 is 2.00 bits per heavy atom. The van der Waals surface area contributed by atoms with E-state index in [-0.39, 0.29) is 17.3 Å². The molecule has 1 aromatic heterocycles. The van der Waals surface area contributed by atoms with Crippen molar-refractivity contribution in [3.63, 3.8) is 0 Å². The number of carbonyl (C=O) groups is 2. The van der Waals surface area contributed by atoms with E-state index >= 15 is 0 Å². The van der Waals surface area contributed by atoms with Crippen LogP contribution in [-0.4, -0.2) is 22.0 Å². The van der Waals surface area contributed by atoms with Crippen LogP contribution in [0.3, 0.4) is 0 Å². The van der Waals surface area contributed by atoms with Crippen LogP contribution in [0.15, 0.2) is 18.3 Å². The summed E-state index contributed by atoms with van der Waals surface area (Å²) in [7, 11) is 0. The molecule has 1 saturated carbocycles. The Hall–Kier alpha value is -1.91. The Morgan fingerprint density at radius 1 is 1.32 bits per heavy atom. The maximum Gasteiger partial charge on any atom is 0.356 e. The lowest BCUT2D eigenvalue weighted by Crippen LogP contribution is -2.35. The zero-order valence-corrected chi connectivity index (χ0v) is 11.0. The number of aromatic nitrogens is 1. The number of hydrogen-bond acceptors (Lipinski definition) is 3. The Bertz CT molecular complexity index is 493. The molecule has 0 aromatic carbocycles. The number of pyridine rings is 1. The first-order valence-corrected chi connectivity index (χ1v) is 6.53. The molecule has 2 N–H and O–H groups in total. The number of carboxylic acid groups (broad SMARTS) is 1. The van der Waals surface area contributed by atoms with E-state index in [1.807, 2.05) is 6.92 Å². The summed E-state index contributed by atoms with van der Waals surface area (Å²) in [5.74, 6) is -1.24. The van der Waals surface area contributed by atoms with E-state index in [0.717, 1.165) is 32.1 Å². The van der Waals surface area contributed by atoms with Crippen molar-refractivity contribution in [1.29, 1.82) is 0 Å². The maximum atomic E-state index is 12.3. The predicted molar refractivity (Wildman–Crippen MR) is 71.0 cm³/mol. The van der Waals surface area contributed by atoms with Crippen molar-refractivity contribution in [1.82, 2.24) is 4.98 Å². The first-order valence-electron chi connectivity index (χ1n) is 6.53. The Morgan fingerprint density at radius 3 is 2.63 bits per heavy atom. The van der Waals surface area contributed by atoms with Crippen molar-refractivity contribution >= 4 is 17.6 Å². The van der Waals surface area contributed by atoms with Crippen LogP contribution in [0.25, 0.3) is 0 Å². The third-order valence-electron chi connectivity index (χ3n) is 3.76. The van der Waals surface area contributed by atoms with Crippen LogP contribution in [0.2, 0.25) is 0 Å². The van der Waals surface area contributed by atoms with Crippen molar-refractivity contribution in [3.8, 4) is 0 Å². The van der Waals surface area contributed by atoms with Gasteiger partial charge in [0.2, 0.25) is 5.91 Å². The SMILES string of the molecule is CC1(C(=O)Nc2cccnc2C(=O)O)CCCCC1. The summed E-state index contributed by atoms with van der Waals surface area (Å²) in [6, 6.07) is 3.19. The molecule has 1 aromatic rings. The van der Waals surface area contributed by atoms with Crippen LogP contribution < -0.4 is 5.32 Å². The summed E-state index contributed by atoms with van der Waals surface area (Å²) >= 11 is 0. The largest absolute Gasteiger partial charge is 0.476 e. The fraction of sp³-hybridized carbons (Fsp3) is 0.500. The molecule has 0 saturated heterocycles. The van der Waals surface area contributed by atoms with Crippen LogP contribution in [0.4, 0.5) is 5.69 Å². The van der Waals surface area contributed by atoms with Crippen LogP contribution >= 0.6 is 0 Å². The second-order valence-electron chi connectivity index (χ2n) is 5.28. The molecule has 0 unspecified atom stereocenters. The molecule has 1 fully saturated rings. The highest BCUT2D eigenvalue weighted by molar-refractivity contribution is 6.01. The Kier molecular flexibility index (Phi) is 3.83. The molecule has 0 spiro atoms. The molecular formula is C14H18N2O3. The number of hydrogen-bond donors (Lipinski definition) is 2. The molecule has 1 aliphatic rings. The average molecular weight is 262 g/mol. The van der Waals surface area contributed by atoms with Crippen molar-refractivity contribution < 1.29 is 14.7 Å². The number of nitrogens with zero attached hydrogens (tertiary/aromatic N) is 1. The van der Waals surface area contributed by atoms with E-state index in [9.17, 15) is 9.59 Å². The van der Waals surface area contributed by atoms with E-state index in [2.05, 4.69) is 10.3 Å². The van der Waals surface area contributed by atoms with E-state index in [0.29, 0.717) is 0 Å². The van der Waals surface area contributed by atoms with Gasteiger partial charge in [0.25, 0.3) is 0 Å². The topological polar surface area (TPSA) is 79.3 Å². The standard InChI is InChI=1S/C14H18N2O3/c1-14(7-3-2-4-8-14)13(19)16-10-6-5-9-15-11(10)12(17)18/h5-6,9H,2-4,7-8H2,1H3,(H,16,19)(H,17,18). The minimum Gasteiger partial charge on any atom is -0.476 e. The summed E-state index contributed by atoms with van der Waals surface area (Å²) in [5, 5.41) is 11.8. The second kappa shape index (κ2) is 5.38. The van der Waals surface area contributed by atoms with Gasteiger partial charge in [0.1, 0.15) is 0 Å². The van der Waals surface area contributed by atoms with Gasteiger partial charge in [-0.25, -0.2) is 9.78 Å². The molecule has 102 valence electrons. The molecule has 0 radical (unpaired) electrons. The first kappa shape index (κ1) is 13.5. The summed E-state index contributed by atoms with van der Waals surface area (Å²) in [6.45, 7) is 1.94. The van der Waals surface area contributed by atoms with Gasteiger partial charge in [0, 0.05) is 11.6 Å². The third kappa shape index (κ3) is 2.92. The van der Waals surface area contributed by atoms with Crippen molar-refractivity contribution in [3.05, 3.63) is 24.0 Å². The highest BCUT2D eigenvalue weighted by atomic mass is 16.4. The Labute approximate surface area is 112 Å². The number of aromatic carboxylic acids is 1. The van der Waals surface area contributed by atoms with Crippen LogP contribution in [0.5, 0.6) is 0 Å². The fourth-order valence-corrected chi connectivity index (χ4v) is 2.51. The van der Waals surface area contributed by atoms with E-state index in [4.69, 9.17) is 5.11 Å². The van der Waals surface area contributed by atoms with Crippen molar-refractivity contribution in [2.45, 2.75) is 39.0 Å². The second-order valence-corrected chi connectivity index (χ2v) is 5.28. The minimum atomic E-state index is -1.13. The van der Waals surface area contributed by atoms with E-state index < -0.39 is 11.4 Å². The molecule has 5 nitrogen and oxygen atoms in total. The lowest BCUT2D eigenvalue weighted by Gasteiger charge is -2.32. The quantitative estimate of drug-likeness (QED) is 0.877. The van der Waals surface area contributed by atoms with Gasteiger partial charge in [-0.15, -0.1) is 0 Å². The zero-order chi connectivity index (χ0) is 13.9. The van der Waals surface area contributed by atoms with Crippen LogP contribution in [-0.2, 0) is 4.79 Å². The van der Waals surface area contributed by atoms with Gasteiger partial charge in [0.15, 0.2) is 5.69 Å². The van der Waals surface area contributed by atoms with Gasteiger partial charge in [0.05, 0.1) is 5.69 Å². The number of carboxylic acids is 1. The van der Waals surface area contributed by atoms with Gasteiger partial charge in [-0.2, -0.15) is 0 Å². The van der Waals surface area contributed by atoms with Crippen LogP contribution in [0, 0.1) is 5.41 Å². The van der Waals surface area contributed by atoms with Crippen molar-refractivity contribution in [2.24, 2.45) is 5.41 Å². The first-order chi connectivity index (χ1) is 9.03. The summed E-state index contributed by atoms with van der Waals surface area (Å²) in [6.07, 6.45) is 6.35. The summed E-state index contributed by atoms with van der Waals surface area (Å²) < 4.78 is 0. The molecule has 0 aliphatic heterocycles. The predicted octanol–water partition coefficient (Wildman–Crippen LogP) is 2.69. The number of amides is 1. The molecule has 1 aliphatic carbocycles. The third-order valence-corrected chi connectivity index (χ3v) is 3.76. The van der Waals surface area contributed by atoms with Gasteiger partial charge in [-0.3, -0.25) is 4.79 Å². The molecule has 1 amide bonds. The molecule has 2 rings (SSSR count). The van der Waals surface area contributed by atoms with Gasteiger partial charge >= 0.3 is 5.97 Å². The minimum absolute atomic E-state index is 0.109. The van der Waals surface area contributed by atoms with Gasteiger partial charge in [-0.1, -0.05) is 26.2 Å². The van der Waals surface area contributed by atoms with Gasteiger partial charge < -0.3 is 10.4 Å². The lowest BCUT2D eigenvalue weighted by molar-refractivity contribution is -0.126. The molecular weight excluding hydrogens is 244 g/mol. The molecule has 5 heteroatoms. The Balaban J connectivity index is 2.17. The average Bonchev–Trinajstić information content (AvgIpc) is 2.40. The normalized spacial score (nSPS) is 17.7. The maximum absolute atomic E-state index is 12.3. The fourth-order valence-electron chi connectivity index (χ4n) is 2.51. The van der Waals surface area contributed by atoms with Gasteiger partial charge in [-0.05, 0) is 25.0 Å². The molecule has 1 heterocycles. The highest BCUT2D eigenvalue weighted by Gasteiger charge is 2.35. The monoisotopic (exact) mass is 262 g/mol. The van der Waals surface area contributed by atoms with E-state index in [1.165, 1.54) is 6.20 Å². The number of anilines is 1. The van der Waals surface area contributed by atoms with Crippen LogP contribution in [0.1, 0.15) is 49.5 Å². The zero-order valence-electron chi connectivity index (χ0n) is 11.0. The number of carbonyl (C=O) groups excluding carboxylic acids is 1. The number of rotatable bonds is 3. The summed E-state index contributed by atoms with van der Waals surface area (Å²) in [5.41, 5.74) is -0.244. The number of nitrogens with one attached hydrogen (secondary N) is 1. The lowest BCUT2D eigenvalue weighted by atomic mass is 9.75.